The Bertz CT molecular complexity index is 1830. The Balaban J connectivity index is 1.67. The number of pyridine rings is 2. The van der Waals surface area contributed by atoms with Gasteiger partial charge in [-0.2, -0.15) is 4.98 Å². The van der Waals surface area contributed by atoms with Crippen molar-refractivity contribution in [1.82, 2.24) is 24.4 Å². The van der Waals surface area contributed by atoms with Crippen LogP contribution in [0.2, 0.25) is 0 Å². The Morgan fingerprint density at radius 2 is 1.93 bits per heavy atom. The number of fused-ring (bicyclic) bond motifs is 1. The molecule has 43 heavy (non-hydrogen) atoms. The minimum atomic E-state index is -0.515. The molecule has 9 nitrogen and oxygen atoms in total. The first-order valence-electron chi connectivity index (χ1n) is 14.7. The van der Waals surface area contributed by atoms with E-state index in [-0.39, 0.29) is 35.1 Å². The van der Waals surface area contributed by atoms with E-state index < -0.39 is 11.5 Å². The number of phenols is 1. The highest BCUT2D eigenvalue weighted by atomic mass is 19.1. The van der Waals surface area contributed by atoms with Gasteiger partial charge < -0.3 is 14.9 Å². The van der Waals surface area contributed by atoms with Crippen LogP contribution in [0.4, 0.5) is 10.2 Å². The Kier molecular flexibility index (Phi) is 7.23. The van der Waals surface area contributed by atoms with Crippen LogP contribution in [0.15, 0.2) is 54.0 Å². The quantitative estimate of drug-likeness (QED) is 0.311. The number of phenolic OH excluding ortho intramolecular Hbond substituents is 1. The fourth-order valence-electron chi connectivity index (χ4n) is 6.07. The van der Waals surface area contributed by atoms with Crippen molar-refractivity contribution in [2.75, 3.05) is 24.5 Å². The number of rotatable bonds is 6. The number of hydrogen-bond donors (Lipinski definition) is 1. The normalized spacial score (nSPS) is 17.1. The van der Waals surface area contributed by atoms with Gasteiger partial charge in [0.15, 0.2) is 5.65 Å². The second-order valence-electron chi connectivity index (χ2n) is 11.8. The van der Waals surface area contributed by atoms with Gasteiger partial charge in [0, 0.05) is 37.4 Å². The predicted octanol–water partition coefficient (Wildman–Crippen LogP) is 5.22. The molecule has 2 fully saturated rings. The van der Waals surface area contributed by atoms with Crippen LogP contribution in [0.1, 0.15) is 62.3 Å². The van der Waals surface area contributed by atoms with Gasteiger partial charge in [-0.15, -0.1) is 0 Å². The van der Waals surface area contributed by atoms with Crippen molar-refractivity contribution in [3.8, 4) is 22.7 Å². The number of amides is 1. The van der Waals surface area contributed by atoms with Crippen LogP contribution in [-0.2, 0) is 4.79 Å². The Hall–Kier alpha value is -4.60. The van der Waals surface area contributed by atoms with E-state index in [0.29, 0.717) is 47.9 Å². The zero-order chi connectivity index (χ0) is 30.6. The molecule has 4 aromatic rings. The topological polar surface area (TPSA) is 104 Å². The van der Waals surface area contributed by atoms with Crippen LogP contribution < -0.4 is 10.6 Å². The van der Waals surface area contributed by atoms with Gasteiger partial charge in [0.25, 0.3) is 0 Å². The molecule has 1 aliphatic carbocycles. The standard InChI is InChI=1S/C33H35FN6O3/c1-6-27(42)38-13-14-39(20(5)17-38)31-25-16-23(21-7-8-21)29(24-15-22(34)9-10-26(24)41)36-32(25)40(33(43)37-31)30-19(4)11-12-35-28(30)18(2)3/h6,9-12,15-16,18,20-21,41H,1,7-8,13-14,17H2,2-5H3/t20-/m0/s1. The monoisotopic (exact) mass is 582 g/mol. The van der Waals surface area contributed by atoms with Crippen LogP contribution in [-0.4, -0.2) is 61.1 Å². The second kappa shape index (κ2) is 10.9. The molecular formula is C33H35FN6O3. The van der Waals surface area contributed by atoms with E-state index in [0.717, 1.165) is 29.7 Å². The van der Waals surface area contributed by atoms with Gasteiger partial charge in [0.1, 0.15) is 17.4 Å². The fraction of sp³-hybridized carbons (Fsp3) is 0.364. The number of benzene rings is 1. The van der Waals surface area contributed by atoms with E-state index in [9.17, 15) is 19.1 Å². The van der Waals surface area contributed by atoms with Crippen molar-refractivity contribution in [3.05, 3.63) is 82.3 Å². The molecule has 4 heterocycles. The first kappa shape index (κ1) is 28.5. The Labute approximate surface area is 249 Å². The van der Waals surface area contributed by atoms with E-state index in [2.05, 4.69) is 21.4 Å². The molecule has 1 aromatic carbocycles. The summed E-state index contributed by atoms with van der Waals surface area (Å²) in [4.78, 5) is 44.6. The summed E-state index contributed by atoms with van der Waals surface area (Å²) >= 11 is 0. The van der Waals surface area contributed by atoms with Crippen molar-refractivity contribution in [2.24, 2.45) is 0 Å². The Morgan fingerprint density at radius 3 is 2.60 bits per heavy atom. The summed E-state index contributed by atoms with van der Waals surface area (Å²) in [5.74, 6) is -0.0273. The lowest BCUT2D eigenvalue weighted by Gasteiger charge is -2.40. The molecule has 0 unspecified atom stereocenters. The molecule has 1 saturated heterocycles. The highest BCUT2D eigenvalue weighted by molar-refractivity contribution is 5.92. The summed E-state index contributed by atoms with van der Waals surface area (Å²) < 4.78 is 16.0. The first-order chi connectivity index (χ1) is 20.6. The van der Waals surface area contributed by atoms with E-state index in [4.69, 9.17) is 4.98 Å². The average molecular weight is 583 g/mol. The smallest absolute Gasteiger partial charge is 0.355 e. The van der Waals surface area contributed by atoms with Gasteiger partial charge in [0.2, 0.25) is 5.91 Å². The zero-order valence-corrected chi connectivity index (χ0v) is 24.8. The molecular weight excluding hydrogens is 547 g/mol. The molecule has 1 amide bonds. The number of carbonyl (C=O) groups is 1. The highest BCUT2D eigenvalue weighted by Crippen LogP contribution is 2.47. The van der Waals surface area contributed by atoms with Gasteiger partial charge in [-0.1, -0.05) is 20.4 Å². The lowest BCUT2D eigenvalue weighted by atomic mass is 9.99. The number of halogens is 1. The molecule has 3 aromatic heterocycles. The highest BCUT2D eigenvalue weighted by Gasteiger charge is 2.33. The van der Waals surface area contributed by atoms with Gasteiger partial charge in [-0.25, -0.2) is 18.7 Å². The number of aryl methyl sites for hydroxylation is 1. The van der Waals surface area contributed by atoms with Gasteiger partial charge >= 0.3 is 5.69 Å². The summed E-state index contributed by atoms with van der Waals surface area (Å²) in [5, 5.41) is 11.5. The lowest BCUT2D eigenvalue weighted by molar-refractivity contribution is -0.126. The van der Waals surface area contributed by atoms with Crippen LogP contribution >= 0.6 is 0 Å². The van der Waals surface area contributed by atoms with Crippen molar-refractivity contribution in [3.63, 3.8) is 0 Å². The molecule has 222 valence electrons. The summed E-state index contributed by atoms with van der Waals surface area (Å²) in [6.07, 6.45) is 4.92. The fourth-order valence-corrected chi connectivity index (χ4v) is 6.07. The summed E-state index contributed by atoms with van der Waals surface area (Å²) in [6.45, 7) is 12.9. The average Bonchev–Trinajstić information content (AvgIpc) is 3.83. The molecule has 0 radical (unpaired) electrons. The molecule has 6 rings (SSSR count). The summed E-state index contributed by atoms with van der Waals surface area (Å²) in [5.41, 5.74) is 3.61. The molecule has 1 aliphatic heterocycles. The van der Waals surface area contributed by atoms with Crippen LogP contribution in [0.25, 0.3) is 28.0 Å². The number of nitrogens with zero attached hydrogens (tertiary/aromatic N) is 6. The zero-order valence-electron chi connectivity index (χ0n) is 24.8. The van der Waals surface area contributed by atoms with Crippen LogP contribution in [0.3, 0.4) is 0 Å². The van der Waals surface area contributed by atoms with E-state index >= 15 is 0 Å². The molecule has 10 heteroatoms. The molecule has 0 bridgehead atoms. The van der Waals surface area contributed by atoms with E-state index in [1.54, 1.807) is 11.1 Å². The molecule has 2 aliphatic rings. The number of hydrogen-bond acceptors (Lipinski definition) is 7. The minimum Gasteiger partial charge on any atom is -0.507 e. The van der Waals surface area contributed by atoms with Gasteiger partial charge in [-0.05, 0) is 86.1 Å². The number of piperazine rings is 1. The summed E-state index contributed by atoms with van der Waals surface area (Å²) in [6, 6.07) is 7.54. The second-order valence-corrected chi connectivity index (χ2v) is 11.8. The third-order valence-corrected chi connectivity index (χ3v) is 8.42. The third kappa shape index (κ3) is 5.04. The van der Waals surface area contributed by atoms with E-state index in [1.165, 1.54) is 28.8 Å². The number of aromatic nitrogens is 4. The molecule has 0 spiro atoms. The van der Waals surface area contributed by atoms with Crippen molar-refractivity contribution in [2.45, 2.75) is 58.4 Å². The number of aromatic hydroxyl groups is 1. The molecule has 1 saturated carbocycles. The summed E-state index contributed by atoms with van der Waals surface area (Å²) in [7, 11) is 0. The van der Waals surface area contributed by atoms with Crippen molar-refractivity contribution < 1.29 is 14.3 Å². The molecule has 1 N–H and O–H groups in total. The van der Waals surface area contributed by atoms with Gasteiger partial charge in [-0.3, -0.25) is 9.78 Å². The lowest BCUT2D eigenvalue weighted by Crippen LogP contribution is -2.54. The van der Waals surface area contributed by atoms with Crippen molar-refractivity contribution in [1.29, 1.82) is 0 Å². The van der Waals surface area contributed by atoms with Crippen LogP contribution in [0, 0.1) is 12.7 Å². The maximum atomic E-state index is 14.5. The maximum absolute atomic E-state index is 14.5. The first-order valence-corrected chi connectivity index (χ1v) is 14.7. The predicted molar refractivity (Wildman–Crippen MR) is 164 cm³/mol. The third-order valence-electron chi connectivity index (χ3n) is 8.42. The Morgan fingerprint density at radius 1 is 1.16 bits per heavy atom. The number of carbonyl (C=O) groups excluding carboxylic acids is 1. The van der Waals surface area contributed by atoms with Gasteiger partial charge in [0.05, 0.1) is 22.5 Å². The SMILES string of the molecule is C=CC(=O)N1CCN(c2nc(=O)n(-c3c(C)ccnc3C(C)C)c3nc(-c4cc(F)ccc4O)c(C4CC4)cc23)[C@@H](C)C1. The van der Waals surface area contributed by atoms with Crippen LogP contribution in [0.5, 0.6) is 5.75 Å². The minimum absolute atomic E-state index is 0.00416. The largest absolute Gasteiger partial charge is 0.507 e. The molecule has 1 atom stereocenters. The van der Waals surface area contributed by atoms with E-state index in [1.807, 2.05) is 39.8 Å². The maximum Gasteiger partial charge on any atom is 0.355 e. The number of anilines is 1. The van der Waals surface area contributed by atoms with Crippen molar-refractivity contribution >= 4 is 22.8 Å².